The third-order valence-electron chi connectivity index (χ3n) is 13.2. The molecular weight excluding hydrogens is 871 g/mol. The smallest absolute Gasteiger partial charge is 0.329 e. The van der Waals surface area contributed by atoms with Crippen LogP contribution in [-0.4, -0.2) is 110 Å². The second kappa shape index (κ2) is 24.5. The Morgan fingerprint density at radius 1 is 0.838 bits per heavy atom. The van der Waals surface area contributed by atoms with Gasteiger partial charge in [-0.25, -0.2) is 4.79 Å². The summed E-state index contributed by atoms with van der Waals surface area (Å²) in [6, 6.07) is 19.6. The monoisotopic (exact) mass is 937 g/mol. The molecule has 3 aromatic carbocycles. The summed E-state index contributed by atoms with van der Waals surface area (Å²) in [6.45, 7) is 5.52. The van der Waals surface area contributed by atoms with Crippen LogP contribution in [0, 0.1) is 0 Å². The second-order valence-corrected chi connectivity index (χ2v) is 18.1. The molecule has 17 nitrogen and oxygen atoms in total. The van der Waals surface area contributed by atoms with E-state index in [0.29, 0.717) is 77.5 Å². The Bertz CT molecular complexity index is 2450. The summed E-state index contributed by atoms with van der Waals surface area (Å²) < 4.78 is 26.1. The first-order chi connectivity index (χ1) is 33.0. The average Bonchev–Trinajstić information content (AvgIpc) is 3.75. The molecule has 1 fully saturated rings. The van der Waals surface area contributed by atoms with Crippen molar-refractivity contribution >= 4 is 46.3 Å². The minimum Gasteiger partial charge on any atom is -0.379 e. The van der Waals surface area contributed by atoms with Crippen LogP contribution in [0.15, 0.2) is 65.5 Å². The van der Waals surface area contributed by atoms with Crippen LogP contribution >= 0.6 is 0 Å². The number of primary amides is 1. The van der Waals surface area contributed by atoms with E-state index >= 15 is 0 Å². The maximum atomic E-state index is 13.2. The molecule has 1 saturated heterocycles. The normalized spacial score (nSPS) is 17.8. The van der Waals surface area contributed by atoms with Gasteiger partial charge in [0, 0.05) is 52.0 Å². The topological polar surface area (TPSA) is 215 Å². The molecule has 0 saturated carbocycles. The number of ether oxygens (including phenoxy) is 4. The first-order valence-electron chi connectivity index (χ1n) is 24.1. The van der Waals surface area contributed by atoms with Crippen molar-refractivity contribution in [2.75, 3.05) is 57.6 Å². The summed E-state index contributed by atoms with van der Waals surface area (Å²) in [5.74, 6) is -1.12. The highest BCUT2D eigenvalue weighted by Gasteiger charge is 2.37. The molecular formula is C51H67N7O10. The van der Waals surface area contributed by atoms with Gasteiger partial charge in [0.1, 0.15) is 12.6 Å². The number of nitrogens with zero attached hydrogens (tertiary/aromatic N) is 3. The summed E-state index contributed by atoms with van der Waals surface area (Å²) in [4.78, 5) is 76.3. The van der Waals surface area contributed by atoms with Crippen LogP contribution in [-0.2, 0) is 82.3 Å². The fourth-order valence-corrected chi connectivity index (χ4v) is 9.47. The number of carbonyl (C=O) groups excluding carboxylic acids is 5. The van der Waals surface area contributed by atoms with Gasteiger partial charge < -0.3 is 40.2 Å². The van der Waals surface area contributed by atoms with Gasteiger partial charge in [0.2, 0.25) is 29.5 Å². The van der Waals surface area contributed by atoms with Crippen LogP contribution in [0.2, 0.25) is 0 Å². The van der Waals surface area contributed by atoms with Gasteiger partial charge in [0.25, 0.3) is 0 Å². The molecule has 7 rings (SSSR count). The Kier molecular flexibility index (Phi) is 18.1. The highest BCUT2D eigenvalue weighted by Crippen LogP contribution is 2.38. The van der Waals surface area contributed by atoms with Crippen molar-refractivity contribution in [3.63, 3.8) is 0 Å². The zero-order chi connectivity index (χ0) is 48.0. The third-order valence-corrected chi connectivity index (χ3v) is 13.2. The number of nitrogens with two attached hydrogens (primary N) is 1. The molecule has 17 heteroatoms. The SMILES string of the molecule is C[C@@H](OCc1ccc(CCCNC(=O)COCCOCCOCCCc2ccc3c(c2)n(C)c(=O)n3C2CCC(=O)NC2=O)cc1)[C@H](CCC(N)=O)NC[C@@H]1Cc2cccc3c2N1C(=O)CCC3. The fraction of sp³-hybridized carbons (Fsp3) is 0.529. The highest BCUT2D eigenvalue weighted by atomic mass is 16.5. The number of rotatable bonds is 27. The van der Waals surface area contributed by atoms with Crippen molar-refractivity contribution in [3.8, 4) is 0 Å². The van der Waals surface area contributed by atoms with Crippen LogP contribution in [0.4, 0.5) is 5.69 Å². The highest BCUT2D eigenvalue weighted by molar-refractivity contribution is 6.00. The number of aromatic nitrogens is 2. The van der Waals surface area contributed by atoms with Crippen molar-refractivity contribution in [1.82, 2.24) is 25.1 Å². The quantitative estimate of drug-likeness (QED) is 0.0502. The number of hydrogen-bond acceptors (Lipinski definition) is 11. The number of nitrogens with one attached hydrogen (secondary N) is 3. The number of benzene rings is 3. The Morgan fingerprint density at radius 3 is 2.34 bits per heavy atom. The van der Waals surface area contributed by atoms with Crippen LogP contribution < -0.4 is 32.3 Å². The Labute approximate surface area is 397 Å². The lowest BCUT2D eigenvalue weighted by molar-refractivity contribution is -0.136. The molecule has 1 aromatic heterocycles. The van der Waals surface area contributed by atoms with Crippen LogP contribution in [0.3, 0.4) is 0 Å². The maximum Gasteiger partial charge on any atom is 0.329 e. The van der Waals surface area contributed by atoms with E-state index in [1.807, 2.05) is 30.0 Å². The van der Waals surface area contributed by atoms with Crippen LogP contribution in [0.25, 0.3) is 11.0 Å². The summed E-state index contributed by atoms with van der Waals surface area (Å²) in [5, 5.41) is 8.88. The van der Waals surface area contributed by atoms with E-state index in [1.165, 1.54) is 20.3 Å². The number of para-hydroxylation sites is 1. The summed E-state index contributed by atoms with van der Waals surface area (Å²) in [5.41, 5.74) is 13.4. The summed E-state index contributed by atoms with van der Waals surface area (Å²) in [7, 11) is 1.68. The van der Waals surface area contributed by atoms with E-state index in [1.54, 1.807) is 7.05 Å². The van der Waals surface area contributed by atoms with E-state index < -0.39 is 11.9 Å². The summed E-state index contributed by atoms with van der Waals surface area (Å²) in [6.07, 6.45) is 7.31. The van der Waals surface area contributed by atoms with Crippen molar-refractivity contribution < 1.29 is 42.9 Å². The predicted octanol–water partition coefficient (Wildman–Crippen LogP) is 3.47. The van der Waals surface area contributed by atoms with Crippen molar-refractivity contribution in [2.45, 2.75) is 115 Å². The van der Waals surface area contributed by atoms with Gasteiger partial charge in [0.15, 0.2) is 0 Å². The molecule has 68 heavy (non-hydrogen) atoms. The third kappa shape index (κ3) is 13.3. The average molecular weight is 938 g/mol. The van der Waals surface area contributed by atoms with E-state index in [4.69, 9.17) is 24.7 Å². The van der Waals surface area contributed by atoms with Gasteiger partial charge in [0.05, 0.1) is 61.9 Å². The minimum atomic E-state index is -0.709. The second-order valence-electron chi connectivity index (χ2n) is 18.1. The Hall–Kier alpha value is -5.72. The number of fused-ring (bicyclic) bond motifs is 1. The lowest BCUT2D eigenvalue weighted by Crippen LogP contribution is -2.49. The first-order valence-corrected chi connectivity index (χ1v) is 24.1. The number of hydrogen-bond donors (Lipinski definition) is 4. The van der Waals surface area contributed by atoms with Gasteiger partial charge in [-0.1, -0.05) is 48.5 Å². The van der Waals surface area contributed by atoms with Gasteiger partial charge in [-0.05, 0) is 105 Å². The predicted molar refractivity (Wildman–Crippen MR) is 256 cm³/mol. The number of anilines is 1. The number of amides is 5. The minimum absolute atomic E-state index is 0.0118. The standard InChI is InChI=1S/C51H67N7O10/c1-34(41(18-21-45(52)59)54-31-40-30-39-11-3-9-38-10-4-12-48(62)57(40)49(38)39)68-32-37-15-13-35(14-16-37)7-5-23-53-47(61)33-67-28-27-66-26-25-65-24-6-8-36-17-19-42-44(29-36)56(2)51(64)58(42)43-20-22-46(60)55-50(43)63/h3,9,11,13-17,19,29,34,40-41,43,54H,4-8,10,12,18,20-28,30-33H2,1-2H3,(H2,52,59)(H,53,61)(H,55,60,63)/t34-,40+,41+,43?/m1/s1. The zero-order valence-electron chi connectivity index (χ0n) is 39.4. The van der Waals surface area contributed by atoms with E-state index in [-0.39, 0.29) is 67.0 Å². The molecule has 0 spiro atoms. The first kappa shape index (κ1) is 50.2. The van der Waals surface area contributed by atoms with Crippen LogP contribution in [0.5, 0.6) is 0 Å². The van der Waals surface area contributed by atoms with E-state index in [9.17, 15) is 28.8 Å². The molecule has 4 aromatic rings. The number of imidazole rings is 1. The molecule has 0 radical (unpaired) electrons. The van der Waals surface area contributed by atoms with Crippen molar-refractivity contribution in [2.24, 2.45) is 12.8 Å². The number of carbonyl (C=O) groups is 5. The number of piperidine rings is 1. The molecule has 3 aliphatic rings. The number of aryl methyl sites for hydroxylation is 4. The lowest BCUT2D eigenvalue weighted by Gasteiger charge is -2.30. The van der Waals surface area contributed by atoms with Gasteiger partial charge >= 0.3 is 5.69 Å². The molecule has 3 aliphatic heterocycles. The molecule has 4 atom stereocenters. The van der Waals surface area contributed by atoms with Crippen LogP contribution in [0.1, 0.15) is 92.1 Å². The fourth-order valence-electron chi connectivity index (χ4n) is 9.47. The zero-order valence-corrected chi connectivity index (χ0v) is 39.4. The van der Waals surface area contributed by atoms with E-state index in [2.05, 4.69) is 58.4 Å². The van der Waals surface area contributed by atoms with Crippen molar-refractivity contribution in [1.29, 1.82) is 0 Å². The van der Waals surface area contributed by atoms with Crippen molar-refractivity contribution in [3.05, 3.63) is 99.0 Å². The maximum absolute atomic E-state index is 13.2. The molecule has 5 amide bonds. The molecule has 1 unspecified atom stereocenters. The van der Waals surface area contributed by atoms with Gasteiger partial charge in [-0.15, -0.1) is 0 Å². The van der Waals surface area contributed by atoms with E-state index in [0.717, 1.165) is 72.8 Å². The van der Waals surface area contributed by atoms with Gasteiger partial charge in [-0.3, -0.25) is 38.4 Å². The van der Waals surface area contributed by atoms with Gasteiger partial charge in [-0.2, -0.15) is 0 Å². The number of imide groups is 1. The summed E-state index contributed by atoms with van der Waals surface area (Å²) >= 11 is 0. The Balaban J connectivity index is 0.707. The molecule has 5 N–H and O–H groups in total. The lowest BCUT2D eigenvalue weighted by atomic mass is 10.0. The molecule has 366 valence electrons. The molecule has 0 bridgehead atoms. The molecule has 0 aliphatic carbocycles. The largest absolute Gasteiger partial charge is 0.379 e. The molecule has 4 heterocycles. The Morgan fingerprint density at radius 2 is 1.56 bits per heavy atom.